The molecule has 1 saturated heterocycles. The number of ether oxygens (including phenoxy) is 1. The summed E-state index contributed by atoms with van der Waals surface area (Å²) in [6.07, 6.45) is 0. The highest BCUT2D eigenvalue weighted by molar-refractivity contribution is 7.80. The molecule has 2 heterocycles. The number of nitrogens with zero attached hydrogens (tertiary/aromatic N) is 2. The predicted molar refractivity (Wildman–Crippen MR) is 140 cm³/mol. The van der Waals surface area contributed by atoms with Crippen molar-refractivity contribution >= 4 is 63.5 Å². The number of thiocarbonyl (C=S) groups is 1. The third-order valence-corrected chi connectivity index (χ3v) is 6.58. The fourth-order valence-electron chi connectivity index (χ4n) is 3.54. The molecule has 1 aliphatic heterocycles. The van der Waals surface area contributed by atoms with E-state index >= 15 is 0 Å². The van der Waals surface area contributed by atoms with E-state index in [1.807, 2.05) is 52.7 Å². The van der Waals surface area contributed by atoms with Crippen LogP contribution in [0.5, 0.6) is 5.75 Å². The third kappa shape index (κ3) is 6.25. The Morgan fingerprint density at radius 1 is 1.03 bits per heavy atom. The molecule has 176 valence electrons. The van der Waals surface area contributed by atoms with Crippen LogP contribution < -0.4 is 20.3 Å². The molecule has 2 N–H and O–H groups in total. The molecule has 0 spiro atoms. The number of para-hydroxylation sites is 1. The zero-order chi connectivity index (χ0) is 23.9. The number of rotatable bonds is 6. The topological polar surface area (TPSA) is 73.9 Å². The lowest BCUT2D eigenvalue weighted by atomic mass is 10.2. The highest BCUT2D eigenvalue weighted by Gasteiger charge is 2.24. The number of benzene rings is 2. The standard InChI is InChI=1S/C24H23ClN4O3S2/c25-19-15-17(26-24(33)27-22(30)16-32-18-5-2-1-3-6-18)8-9-20(19)28-10-12-29(13-11-28)23(31)21-7-4-14-34-21/h1-9,14-15H,10-13,16H2,(H2,26,27,30,33). The van der Waals surface area contributed by atoms with Gasteiger partial charge in [0, 0.05) is 31.9 Å². The SMILES string of the molecule is O=C(COc1ccccc1)NC(=S)Nc1ccc(N2CCN(C(=O)c3cccs3)CC2)c(Cl)c1. The minimum atomic E-state index is -0.362. The van der Waals surface area contributed by atoms with Crippen molar-refractivity contribution in [3.63, 3.8) is 0 Å². The Kier molecular flexibility index (Phi) is 7.99. The van der Waals surface area contributed by atoms with Crippen LogP contribution in [0.2, 0.25) is 5.02 Å². The lowest BCUT2D eigenvalue weighted by Gasteiger charge is -2.36. The second-order valence-electron chi connectivity index (χ2n) is 7.53. The monoisotopic (exact) mass is 514 g/mol. The Morgan fingerprint density at radius 2 is 1.79 bits per heavy atom. The van der Waals surface area contributed by atoms with Crippen LogP contribution in [0.3, 0.4) is 0 Å². The quantitative estimate of drug-likeness (QED) is 0.479. The van der Waals surface area contributed by atoms with Gasteiger partial charge in [-0.25, -0.2) is 0 Å². The lowest BCUT2D eigenvalue weighted by Crippen LogP contribution is -2.48. The van der Waals surface area contributed by atoms with Crippen LogP contribution in [0.1, 0.15) is 9.67 Å². The van der Waals surface area contributed by atoms with E-state index < -0.39 is 0 Å². The number of hydrogen-bond acceptors (Lipinski definition) is 6. The molecule has 1 aliphatic rings. The van der Waals surface area contributed by atoms with Gasteiger partial charge in [0.15, 0.2) is 11.7 Å². The van der Waals surface area contributed by atoms with E-state index in [0.29, 0.717) is 42.6 Å². The maximum absolute atomic E-state index is 12.5. The molecule has 4 rings (SSSR count). The molecule has 34 heavy (non-hydrogen) atoms. The molecular weight excluding hydrogens is 492 g/mol. The minimum absolute atomic E-state index is 0.0741. The summed E-state index contributed by atoms with van der Waals surface area (Å²) < 4.78 is 5.41. The summed E-state index contributed by atoms with van der Waals surface area (Å²) in [5.74, 6) is 0.319. The summed E-state index contributed by atoms with van der Waals surface area (Å²) in [6, 6.07) is 18.3. The highest BCUT2D eigenvalue weighted by Crippen LogP contribution is 2.30. The first-order valence-electron chi connectivity index (χ1n) is 10.7. The van der Waals surface area contributed by atoms with E-state index in [2.05, 4.69) is 15.5 Å². The number of thiophene rings is 1. The summed E-state index contributed by atoms with van der Waals surface area (Å²) in [7, 11) is 0. The van der Waals surface area contributed by atoms with Gasteiger partial charge in [0.05, 0.1) is 15.6 Å². The Bertz CT molecular complexity index is 1150. The van der Waals surface area contributed by atoms with E-state index in [1.54, 1.807) is 18.2 Å². The number of hydrogen-bond donors (Lipinski definition) is 2. The number of nitrogens with one attached hydrogen (secondary N) is 2. The maximum atomic E-state index is 12.5. The highest BCUT2D eigenvalue weighted by atomic mass is 35.5. The smallest absolute Gasteiger partial charge is 0.264 e. The predicted octanol–water partition coefficient (Wildman–Crippen LogP) is 4.26. The van der Waals surface area contributed by atoms with Crippen molar-refractivity contribution in [2.24, 2.45) is 0 Å². The maximum Gasteiger partial charge on any atom is 0.264 e. The Hall–Kier alpha value is -3.14. The summed E-state index contributed by atoms with van der Waals surface area (Å²) >= 11 is 13.2. The normalized spacial score (nSPS) is 13.3. The molecular formula is C24H23ClN4O3S2. The van der Waals surface area contributed by atoms with Crippen LogP contribution in [0, 0.1) is 0 Å². The third-order valence-electron chi connectivity index (χ3n) is 5.21. The van der Waals surface area contributed by atoms with E-state index in [1.165, 1.54) is 11.3 Å². The molecule has 0 unspecified atom stereocenters. The number of halogens is 1. The van der Waals surface area contributed by atoms with Crippen molar-refractivity contribution in [1.29, 1.82) is 0 Å². The first-order chi connectivity index (χ1) is 16.5. The van der Waals surface area contributed by atoms with Gasteiger partial charge in [-0.3, -0.25) is 14.9 Å². The lowest BCUT2D eigenvalue weighted by molar-refractivity contribution is -0.121. The van der Waals surface area contributed by atoms with Gasteiger partial charge in [-0.05, 0) is 54.0 Å². The molecule has 0 radical (unpaired) electrons. The molecule has 0 aliphatic carbocycles. The number of piperazine rings is 1. The van der Waals surface area contributed by atoms with Crippen LogP contribution in [0.4, 0.5) is 11.4 Å². The molecule has 0 atom stereocenters. The Balaban J connectivity index is 1.26. The molecule has 2 amide bonds. The van der Waals surface area contributed by atoms with Crippen molar-refractivity contribution in [3.8, 4) is 5.75 Å². The molecule has 1 aromatic heterocycles. The van der Waals surface area contributed by atoms with Gasteiger partial charge in [0.2, 0.25) is 0 Å². The van der Waals surface area contributed by atoms with Gasteiger partial charge in [0.25, 0.3) is 11.8 Å². The summed E-state index contributed by atoms with van der Waals surface area (Å²) in [4.78, 5) is 29.4. The van der Waals surface area contributed by atoms with Gasteiger partial charge >= 0.3 is 0 Å². The summed E-state index contributed by atoms with van der Waals surface area (Å²) in [5, 5.41) is 8.19. The molecule has 0 saturated carbocycles. The fraction of sp³-hybridized carbons (Fsp3) is 0.208. The first-order valence-corrected chi connectivity index (χ1v) is 12.3. The molecule has 7 nitrogen and oxygen atoms in total. The molecule has 1 fully saturated rings. The zero-order valence-corrected chi connectivity index (χ0v) is 20.6. The number of amides is 2. The summed E-state index contributed by atoms with van der Waals surface area (Å²) in [6.45, 7) is 2.51. The Morgan fingerprint density at radius 3 is 2.47 bits per heavy atom. The first kappa shape index (κ1) is 24.0. The number of carbonyl (C=O) groups excluding carboxylic acids is 2. The second-order valence-corrected chi connectivity index (χ2v) is 9.29. The zero-order valence-electron chi connectivity index (χ0n) is 18.2. The Labute approximate surface area is 212 Å². The largest absolute Gasteiger partial charge is 0.484 e. The van der Waals surface area contributed by atoms with Gasteiger partial charge in [-0.15, -0.1) is 11.3 Å². The van der Waals surface area contributed by atoms with Crippen LogP contribution >= 0.6 is 35.2 Å². The van der Waals surface area contributed by atoms with Crippen LogP contribution in [0.25, 0.3) is 0 Å². The number of anilines is 2. The van der Waals surface area contributed by atoms with E-state index in [4.69, 9.17) is 28.6 Å². The van der Waals surface area contributed by atoms with E-state index in [9.17, 15) is 9.59 Å². The van der Waals surface area contributed by atoms with Gasteiger partial charge in [-0.1, -0.05) is 35.9 Å². The van der Waals surface area contributed by atoms with Crippen LogP contribution in [-0.4, -0.2) is 54.6 Å². The molecule has 10 heteroatoms. The van der Waals surface area contributed by atoms with Crippen molar-refractivity contribution in [2.75, 3.05) is 43.0 Å². The van der Waals surface area contributed by atoms with Gasteiger partial charge < -0.3 is 19.9 Å². The van der Waals surface area contributed by atoms with Crippen molar-refractivity contribution in [1.82, 2.24) is 10.2 Å². The molecule has 0 bridgehead atoms. The van der Waals surface area contributed by atoms with Crippen molar-refractivity contribution in [3.05, 3.63) is 75.9 Å². The molecule has 3 aromatic rings. The van der Waals surface area contributed by atoms with Crippen molar-refractivity contribution < 1.29 is 14.3 Å². The number of carbonyl (C=O) groups is 2. The van der Waals surface area contributed by atoms with E-state index in [0.717, 1.165) is 10.6 Å². The average Bonchev–Trinajstić information content (AvgIpc) is 3.38. The second kappa shape index (κ2) is 11.3. The van der Waals surface area contributed by atoms with Crippen LogP contribution in [0.15, 0.2) is 66.0 Å². The minimum Gasteiger partial charge on any atom is -0.484 e. The summed E-state index contributed by atoms with van der Waals surface area (Å²) in [5.41, 5.74) is 1.55. The van der Waals surface area contributed by atoms with Crippen LogP contribution in [-0.2, 0) is 4.79 Å². The van der Waals surface area contributed by atoms with E-state index in [-0.39, 0.29) is 23.5 Å². The fourth-order valence-corrected chi connectivity index (χ4v) is 4.76. The van der Waals surface area contributed by atoms with Crippen molar-refractivity contribution in [2.45, 2.75) is 0 Å². The molecule has 2 aromatic carbocycles. The van der Waals surface area contributed by atoms with Gasteiger partial charge in [0.1, 0.15) is 5.75 Å². The average molecular weight is 515 g/mol. The van der Waals surface area contributed by atoms with Gasteiger partial charge in [-0.2, -0.15) is 0 Å².